The number of phenols is 1. The Bertz CT molecular complexity index is 388. The average Bonchev–Trinajstić information content (AvgIpc) is 2.19. The van der Waals surface area contributed by atoms with Crippen molar-refractivity contribution in [1.82, 2.24) is 0 Å². The molecule has 17 heavy (non-hydrogen) atoms. The van der Waals surface area contributed by atoms with Crippen molar-refractivity contribution in [2.45, 2.75) is 46.5 Å². The molecule has 1 aromatic rings. The van der Waals surface area contributed by atoms with Gasteiger partial charge in [-0.05, 0) is 34.9 Å². The van der Waals surface area contributed by atoms with E-state index in [2.05, 4.69) is 20.8 Å². The van der Waals surface area contributed by atoms with Gasteiger partial charge >= 0.3 is 0 Å². The van der Waals surface area contributed by atoms with Gasteiger partial charge in [-0.1, -0.05) is 39.8 Å². The summed E-state index contributed by atoms with van der Waals surface area (Å²) in [5.74, 6) is 0.365. The van der Waals surface area contributed by atoms with Gasteiger partial charge in [0.2, 0.25) is 0 Å². The van der Waals surface area contributed by atoms with Crippen molar-refractivity contribution < 1.29 is 9.90 Å². The van der Waals surface area contributed by atoms with Gasteiger partial charge < -0.3 is 9.90 Å². The van der Waals surface area contributed by atoms with E-state index >= 15 is 0 Å². The Balaban J connectivity index is 2.97. The van der Waals surface area contributed by atoms with Crippen LogP contribution in [0, 0.1) is 5.41 Å². The lowest BCUT2D eigenvalue weighted by Crippen LogP contribution is -2.09. The number of carbonyl (C=O) groups excluding carboxylic acids is 1. The third-order valence-electron chi connectivity index (χ3n) is 2.81. The van der Waals surface area contributed by atoms with Crippen molar-refractivity contribution in [2.24, 2.45) is 5.41 Å². The molecule has 0 aromatic heterocycles. The molecule has 2 heteroatoms. The van der Waals surface area contributed by atoms with Crippen LogP contribution in [0.5, 0.6) is 5.75 Å². The van der Waals surface area contributed by atoms with Crippen LogP contribution >= 0.6 is 0 Å². The highest BCUT2D eigenvalue weighted by Crippen LogP contribution is 2.30. The van der Waals surface area contributed by atoms with Crippen molar-refractivity contribution in [3.8, 4) is 5.75 Å². The number of benzene rings is 1. The van der Waals surface area contributed by atoms with Crippen LogP contribution in [0.2, 0.25) is 0 Å². The fourth-order valence-corrected chi connectivity index (χ4v) is 1.99. The third-order valence-corrected chi connectivity index (χ3v) is 2.81. The number of rotatable bonds is 4. The van der Waals surface area contributed by atoms with Gasteiger partial charge in [-0.25, -0.2) is 0 Å². The predicted octanol–water partition coefficient (Wildman–Crippen LogP) is 3.67. The average molecular weight is 234 g/mol. The number of aldehydes is 1. The highest BCUT2D eigenvalue weighted by molar-refractivity contribution is 5.53. The van der Waals surface area contributed by atoms with Gasteiger partial charge in [0.05, 0.1) is 0 Å². The quantitative estimate of drug-likeness (QED) is 0.807. The van der Waals surface area contributed by atoms with Crippen LogP contribution < -0.4 is 0 Å². The molecule has 1 unspecified atom stereocenters. The maximum Gasteiger partial charge on any atom is 0.120 e. The zero-order chi connectivity index (χ0) is 13.1. The molecule has 1 rings (SSSR count). The highest BCUT2D eigenvalue weighted by atomic mass is 16.3. The molecule has 2 nitrogen and oxygen atoms in total. The molecule has 0 saturated heterocycles. The molecule has 0 fully saturated rings. The maximum atomic E-state index is 10.5. The van der Waals surface area contributed by atoms with E-state index in [0.29, 0.717) is 6.42 Å². The summed E-state index contributed by atoms with van der Waals surface area (Å²) >= 11 is 0. The summed E-state index contributed by atoms with van der Waals surface area (Å²) in [6.07, 6.45) is 2.32. The lowest BCUT2D eigenvalue weighted by Gasteiger charge is -2.20. The second-order valence-electron chi connectivity index (χ2n) is 5.93. The van der Waals surface area contributed by atoms with Gasteiger partial charge in [0.1, 0.15) is 12.0 Å². The molecule has 1 aromatic carbocycles. The van der Waals surface area contributed by atoms with E-state index in [1.165, 1.54) is 5.56 Å². The van der Waals surface area contributed by atoms with E-state index in [1.54, 1.807) is 6.07 Å². The van der Waals surface area contributed by atoms with Crippen molar-refractivity contribution in [2.75, 3.05) is 0 Å². The molecule has 0 amide bonds. The summed E-state index contributed by atoms with van der Waals surface area (Å²) < 4.78 is 0. The molecule has 0 aliphatic carbocycles. The molecule has 0 heterocycles. The van der Waals surface area contributed by atoms with Crippen LogP contribution in [0.15, 0.2) is 18.2 Å². The first-order chi connectivity index (χ1) is 7.83. The van der Waals surface area contributed by atoms with Crippen LogP contribution in [0.1, 0.15) is 51.2 Å². The molecule has 0 radical (unpaired) electrons. The van der Waals surface area contributed by atoms with E-state index in [4.69, 9.17) is 0 Å². The topological polar surface area (TPSA) is 37.3 Å². The minimum absolute atomic E-state index is 0.0763. The largest absolute Gasteiger partial charge is 0.508 e. The zero-order valence-electron chi connectivity index (χ0n) is 11.2. The van der Waals surface area contributed by atoms with E-state index in [9.17, 15) is 9.90 Å². The molecule has 1 atom stereocenters. The molecular weight excluding hydrogens is 212 g/mol. The van der Waals surface area contributed by atoms with Crippen LogP contribution in [0.3, 0.4) is 0 Å². The second-order valence-corrected chi connectivity index (χ2v) is 5.93. The number of aromatic hydroxyl groups is 1. The smallest absolute Gasteiger partial charge is 0.120 e. The second kappa shape index (κ2) is 5.35. The molecule has 0 aliphatic heterocycles. The third kappa shape index (κ3) is 4.22. The zero-order valence-corrected chi connectivity index (χ0v) is 11.2. The fourth-order valence-electron chi connectivity index (χ4n) is 1.99. The summed E-state index contributed by atoms with van der Waals surface area (Å²) in [5.41, 5.74) is 2.31. The summed E-state index contributed by atoms with van der Waals surface area (Å²) in [6.45, 7) is 8.53. The van der Waals surface area contributed by atoms with Crippen LogP contribution in [-0.4, -0.2) is 11.4 Å². The van der Waals surface area contributed by atoms with Gasteiger partial charge in [-0.3, -0.25) is 0 Å². The van der Waals surface area contributed by atoms with E-state index < -0.39 is 0 Å². The van der Waals surface area contributed by atoms with E-state index in [-0.39, 0.29) is 17.1 Å². The van der Waals surface area contributed by atoms with Crippen molar-refractivity contribution in [3.63, 3.8) is 0 Å². The van der Waals surface area contributed by atoms with Gasteiger partial charge in [-0.2, -0.15) is 0 Å². The SMILES string of the molecule is CC(CC=O)c1cc(CC(C)(C)C)ccc1O. The van der Waals surface area contributed by atoms with E-state index in [1.807, 2.05) is 19.1 Å². The van der Waals surface area contributed by atoms with Crippen molar-refractivity contribution in [1.29, 1.82) is 0 Å². The molecule has 0 bridgehead atoms. The standard InChI is InChI=1S/C15H22O2/c1-11(7-8-16)13-9-12(5-6-14(13)17)10-15(2,3)4/h5-6,8-9,11,17H,7,10H2,1-4H3. The molecular formula is C15H22O2. The summed E-state index contributed by atoms with van der Waals surface area (Å²) in [7, 11) is 0. The molecule has 94 valence electrons. The summed E-state index contributed by atoms with van der Waals surface area (Å²) in [5, 5.41) is 9.81. The van der Waals surface area contributed by atoms with Crippen LogP contribution in [0.4, 0.5) is 0 Å². The monoisotopic (exact) mass is 234 g/mol. The van der Waals surface area contributed by atoms with Crippen LogP contribution in [0.25, 0.3) is 0 Å². The predicted molar refractivity (Wildman–Crippen MR) is 70.4 cm³/mol. The first-order valence-corrected chi connectivity index (χ1v) is 6.09. The highest BCUT2D eigenvalue weighted by Gasteiger charge is 2.15. The Kier molecular flexibility index (Phi) is 4.33. The Morgan fingerprint density at radius 1 is 1.35 bits per heavy atom. The minimum atomic E-state index is 0.0763. The first kappa shape index (κ1) is 13.8. The number of carbonyl (C=O) groups is 1. The Morgan fingerprint density at radius 2 is 2.00 bits per heavy atom. The number of phenolic OH excluding ortho intramolecular Hbond substituents is 1. The number of hydrogen-bond acceptors (Lipinski definition) is 2. The van der Waals surface area contributed by atoms with Gasteiger partial charge in [-0.15, -0.1) is 0 Å². The van der Waals surface area contributed by atoms with Gasteiger partial charge in [0.25, 0.3) is 0 Å². The van der Waals surface area contributed by atoms with Crippen LogP contribution in [-0.2, 0) is 11.2 Å². The van der Waals surface area contributed by atoms with Crippen molar-refractivity contribution in [3.05, 3.63) is 29.3 Å². The van der Waals surface area contributed by atoms with E-state index in [0.717, 1.165) is 18.3 Å². The first-order valence-electron chi connectivity index (χ1n) is 6.09. The number of hydrogen-bond donors (Lipinski definition) is 1. The Hall–Kier alpha value is -1.31. The minimum Gasteiger partial charge on any atom is -0.508 e. The lowest BCUT2D eigenvalue weighted by atomic mass is 9.86. The Morgan fingerprint density at radius 3 is 2.53 bits per heavy atom. The van der Waals surface area contributed by atoms with Gasteiger partial charge in [0.15, 0.2) is 0 Å². The maximum absolute atomic E-state index is 10.5. The van der Waals surface area contributed by atoms with Gasteiger partial charge in [0, 0.05) is 6.42 Å². The molecule has 0 aliphatic rings. The summed E-state index contributed by atoms with van der Waals surface area (Å²) in [6, 6.07) is 5.71. The fraction of sp³-hybridized carbons (Fsp3) is 0.533. The molecule has 0 spiro atoms. The molecule has 1 N–H and O–H groups in total. The lowest BCUT2D eigenvalue weighted by molar-refractivity contribution is -0.108. The Labute approximate surface area is 104 Å². The normalized spacial score (nSPS) is 13.4. The molecule has 0 saturated carbocycles. The summed E-state index contributed by atoms with van der Waals surface area (Å²) in [4.78, 5) is 10.5. The van der Waals surface area contributed by atoms with Crippen molar-refractivity contribution >= 4 is 6.29 Å².